The standard InChI is InChI=1S/C25H23Cl2N3O3/c26-18-4-6-22(23(27)13-18)24-7-5-21(33-24)15-30-10-8-19(9-11-30)29-25(31)16-32-20-3-1-2-17(12-20)14-28/h1-7,12-13,19H,8-11,15-16H2,(H,29,31). The van der Waals surface area contributed by atoms with Crippen molar-refractivity contribution in [1.82, 2.24) is 10.2 Å². The first kappa shape index (κ1) is 23.2. The monoisotopic (exact) mass is 483 g/mol. The molecule has 4 rings (SSSR count). The zero-order valence-electron chi connectivity index (χ0n) is 17.9. The minimum absolute atomic E-state index is 0.0719. The van der Waals surface area contributed by atoms with Gasteiger partial charge in [-0.25, -0.2) is 0 Å². The first-order valence-electron chi connectivity index (χ1n) is 10.7. The summed E-state index contributed by atoms with van der Waals surface area (Å²) in [5, 5.41) is 13.1. The number of halogens is 2. The molecule has 170 valence electrons. The topological polar surface area (TPSA) is 78.5 Å². The van der Waals surface area contributed by atoms with Crippen LogP contribution in [0.2, 0.25) is 10.0 Å². The summed E-state index contributed by atoms with van der Waals surface area (Å²) >= 11 is 12.3. The number of amides is 1. The van der Waals surface area contributed by atoms with Gasteiger partial charge in [-0.15, -0.1) is 0 Å². The first-order valence-corrected chi connectivity index (χ1v) is 11.4. The summed E-state index contributed by atoms with van der Waals surface area (Å²) in [6, 6.07) is 18.2. The smallest absolute Gasteiger partial charge is 0.258 e. The van der Waals surface area contributed by atoms with Gasteiger partial charge in [0.1, 0.15) is 17.3 Å². The Bertz CT molecular complexity index is 1160. The number of ether oxygens (including phenoxy) is 1. The van der Waals surface area contributed by atoms with Crippen LogP contribution in [0.3, 0.4) is 0 Å². The molecular formula is C25H23Cl2N3O3. The molecule has 0 radical (unpaired) electrons. The number of carbonyl (C=O) groups excluding carboxylic acids is 1. The fraction of sp³-hybridized carbons (Fsp3) is 0.280. The molecule has 0 unspecified atom stereocenters. The molecule has 1 aromatic heterocycles. The van der Waals surface area contributed by atoms with E-state index in [0.29, 0.717) is 33.7 Å². The van der Waals surface area contributed by atoms with Crippen LogP contribution in [0.25, 0.3) is 11.3 Å². The summed E-state index contributed by atoms with van der Waals surface area (Å²) in [6.07, 6.45) is 1.71. The molecule has 0 atom stereocenters. The molecule has 0 bridgehead atoms. The Kier molecular flexibility index (Phi) is 7.56. The van der Waals surface area contributed by atoms with Gasteiger partial charge in [0.2, 0.25) is 0 Å². The van der Waals surface area contributed by atoms with Crippen molar-refractivity contribution in [3.8, 4) is 23.1 Å². The lowest BCUT2D eigenvalue weighted by Gasteiger charge is -2.31. The van der Waals surface area contributed by atoms with Crippen LogP contribution in [0, 0.1) is 11.3 Å². The van der Waals surface area contributed by atoms with Crippen molar-refractivity contribution in [1.29, 1.82) is 5.26 Å². The minimum Gasteiger partial charge on any atom is -0.484 e. The summed E-state index contributed by atoms with van der Waals surface area (Å²) in [5.74, 6) is 1.93. The Labute approximate surface area is 202 Å². The quantitative estimate of drug-likeness (QED) is 0.494. The van der Waals surface area contributed by atoms with E-state index in [2.05, 4.69) is 16.3 Å². The lowest BCUT2D eigenvalue weighted by atomic mass is 10.0. The van der Waals surface area contributed by atoms with Crippen molar-refractivity contribution in [2.45, 2.75) is 25.4 Å². The molecule has 6 nitrogen and oxygen atoms in total. The molecular weight excluding hydrogens is 461 g/mol. The summed E-state index contributed by atoms with van der Waals surface area (Å²) in [6.45, 7) is 2.34. The fourth-order valence-corrected chi connectivity index (χ4v) is 4.33. The van der Waals surface area contributed by atoms with E-state index < -0.39 is 0 Å². The molecule has 3 aromatic rings. The van der Waals surface area contributed by atoms with Crippen LogP contribution in [0.15, 0.2) is 59.0 Å². The van der Waals surface area contributed by atoms with Gasteiger partial charge in [0.15, 0.2) is 6.61 Å². The van der Waals surface area contributed by atoms with Crippen LogP contribution in [-0.4, -0.2) is 36.5 Å². The normalized spacial score (nSPS) is 14.6. The summed E-state index contributed by atoms with van der Waals surface area (Å²) in [7, 11) is 0. The molecule has 2 heterocycles. The highest BCUT2D eigenvalue weighted by Gasteiger charge is 2.22. The Morgan fingerprint density at radius 3 is 2.73 bits per heavy atom. The van der Waals surface area contributed by atoms with E-state index in [9.17, 15) is 4.79 Å². The molecule has 1 aliphatic rings. The highest BCUT2D eigenvalue weighted by atomic mass is 35.5. The fourth-order valence-electron chi connectivity index (χ4n) is 3.83. The van der Waals surface area contributed by atoms with E-state index in [1.165, 1.54) is 0 Å². The highest BCUT2D eigenvalue weighted by molar-refractivity contribution is 6.36. The highest BCUT2D eigenvalue weighted by Crippen LogP contribution is 2.32. The average Bonchev–Trinajstić information content (AvgIpc) is 3.27. The Morgan fingerprint density at radius 2 is 1.97 bits per heavy atom. The number of nitrogens with one attached hydrogen (secondary N) is 1. The van der Waals surface area contributed by atoms with E-state index >= 15 is 0 Å². The van der Waals surface area contributed by atoms with E-state index in [1.807, 2.05) is 18.2 Å². The van der Waals surface area contributed by atoms with Crippen molar-refractivity contribution in [2.24, 2.45) is 0 Å². The molecule has 0 aliphatic carbocycles. The van der Waals surface area contributed by atoms with Gasteiger partial charge in [0.05, 0.1) is 23.2 Å². The van der Waals surface area contributed by atoms with Gasteiger partial charge in [-0.05, 0) is 61.4 Å². The molecule has 1 amide bonds. The maximum absolute atomic E-state index is 12.2. The minimum atomic E-state index is -0.161. The number of carbonyl (C=O) groups is 1. The molecule has 0 saturated carbocycles. The van der Waals surface area contributed by atoms with Crippen LogP contribution in [0.4, 0.5) is 0 Å². The number of hydrogen-bond donors (Lipinski definition) is 1. The number of rotatable bonds is 7. The number of piperidine rings is 1. The van der Waals surface area contributed by atoms with Gasteiger partial charge in [-0.1, -0.05) is 29.3 Å². The molecule has 0 spiro atoms. The first-order chi connectivity index (χ1) is 16.0. The van der Waals surface area contributed by atoms with E-state index in [-0.39, 0.29) is 18.6 Å². The SMILES string of the molecule is N#Cc1cccc(OCC(=O)NC2CCN(Cc3ccc(-c4ccc(Cl)cc4Cl)o3)CC2)c1. The van der Waals surface area contributed by atoms with Crippen molar-refractivity contribution in [2.75, 3.05) is 19.7 Å². The van der Waals surface area contributed by atoms with Crippen LogP contribution in [0.5, 0.6) is 5.75 Å². The van der Waals surface area contributed by atoms with Crippen molar-refractivity contribution in [3.63, 3.8) is 0 Å². The third kappa shape index (κ3) is 6.29. The van der Waals surface area contributed by atoms with E-state index in [0.717, 1.165) is 37.3 Å². The second-order valence-corrected chi connectivity index (χ2v) is 8.78. The van der Waals surface area contributed by atoms with Crippen LogP contribution in [-0.2, 0) is 11.3 Å². The Balaban J connectivity index is 1.22. The second-order valence-electron chi connectivity index (χ2n) is 7.94. The number of nitrogens with zero attached hydrogens (tertiary/aromatic N) is 2. The predicted molar refractivity (Wildman–Crippen MR) is 127 cm³/mol. The lowest BCUT2D eigenvalue weighted by Crippen LogP contribution is -2.45. The molecule has 1 aliphatic heterocycles. The maximum Gasteiger partial charge on any atom is 0.258 e. The van der Waals surface area contributed by atoms with Gasteiger partial charge < -0.3 is 14.5 Å². The van der Waals surface area contributed by atoms with Gasteiger partial charge in [0, 0.05) is 29.7 Å². The molecule has 8 heteroatoms. The Hall–Kier alpha value is -2.98. The summed E-state index contributed by atoms with van der Waals surface area (Å²) in [5.41, 5.74) is 1.32. The molecule has 33 heavy (non-hydrogen) atoms. The summed E-state index contributed by atoms with van der Waals surface area (Å²) in [4.78, 5) is 14.6. The van der Waals surface area contributed by atoms with Gasteiger partial charge >= 0.3 is 0 Å². The molecule has 1 fully saturated rings. The van der Waals surface area contributed by atoms with Crippen molar-refractivity contribution < 1.29 is 13.9 Å². The number of benzene rings is 2. The van der Waals surface area contributed by atoms with Gasteiger partial charge in [-0.2, -0.15) is 5.26 Å². The molecule has 2 aromatic carbocycles. The third-order valence-electron chi connectivity index (χ3n) is 5.52. The second kappa shape index (κ2) is 10.8. The number of furan rings is 1. The zero-order valence-corrected chi connectivity index (χ0v) is 19.4. The number of nitriles is 1. The predicted octanol–water partition coefficient (Wildman–Crippen LogP) is 5.28. The van der Waals surface area contributed by atoms with Crippen molar-refractivity contribution >= 4 is 29.1 Å². The van der Waals surface area contributed by atoms with E-state index in [4.69, 9.17) is 37.6 Å². The average molecular weight is 484 g/mol. The van der Waals surface area contributed by atoms with Crippen molar-refractivity contribution in [3.05, 3.63) is 76.0 Å². The number of likely N-dealkylation sites (tertiary alicyclic amines) is 1. The third-order valence-corrected chi connectivity index (χ3v) is 6.07. The lowest BCUT2D eigenvalue weighted by molar-refractivity contribution is -0.124. The zero-order chi connectivity index (χ0) is 23.2. The largest absolute Gasteiger partial charge is 0.484 e. The maximum atomic E-state index is 12.2. The molecule has 1 saturated heterocycles. The van der Waals surface area contributed by atoms with Crippen LogP contribution in [0.1, 0.15) is 24.2 Å². The Morgan fingerprint density at radius 1 is 1.15 bits per heavy atom. The van der Waals surface area contributed by atoms with E-state index in [1.54, 1.807) is 36.4 Å². The number of hydrogen-bond acceptors (Lipinski definition) is 5. The summed E-state index contributed by atoms with van der Waals surface area (Å²) < 4.78 is 11.5. The van der Waals surface area contributed by atoms with Gasteiger partial charge in [0.25, 0.3) is 5.91 Å². The van der Waals surface area contributed by atoms with Gasteiger partial charge in [-0.3, -0.25) is 9.69 Å². The molecule has 1 N–H and O–H groups in total. The van der Waals surface area contributed by atoms with Crippen LogP contribution >= 0.6 is 23.2 Å². The van der Waals surface area contributed by atoms with Crippen LogP contribution < -0.4 is 10.1 Å².